The minimum absolute atomic E-state index is 0. The van der Waals surface area contributed by atoms with Crippen LogP contribution in [0.2, 0.25) is 0 Å². The van der Waals surface area contributed by atoms with Gasteiger partial charge in [-0.15, -0.1) is 0 Å². The van der Waals surface area contributed by atoms with Gasteiger partial charge in [-0.05, 0) is 52.5 Å². The zero-order valence-electron chi connectivity index (χ0n) is 15.5. The molecule has 1 fully saturated rings. The van der Waals surface area contributed by atoms with Gasteiger partial charge in [0.05, 0.1) is 0 Å². The lowest BCUT2D eigenvalue weighted by Gasteiger charge is -2.22. The standard InChI is InChI=1S/C11H25N3O.C6H13N.H2/c1-5-11(15)12-7-8-14(6-2)10-9-13(3)4;1-6-2-4-7-5-3-6;/h5-10H2,1-4H3,(H,12,15);6-7H,2-5H2,1H3;1H. The normalized spacial score (nSPS) is 15.6. The second kappa shape index (κ2) is 14.0. The SMILES string of the molecule is CC1CCNCC1.CCC(=O)NCCN(CC)CCN(C)C.[HH]. The minimum atomic E-state index is 0. The molecule has 0 saturated carbocycles. The fraction of sp³-hybridized carbons (Fsp3) is 0.941. The molecule has 0 spiro atoms. The lowest BCUT2D eigenvalue weighted by molar-refractivity contribution is -0.120. The van der Waals surface area contributed by atoms with Crippen LogP contribution in [-0.2, 0) is 4.79 Å². The number of amides is 1. The van der Waals surface area contributed by atoms with Crippen molar-refractivity contribution in [3.8, 4) is 0 Å². The third-order valence-electron chi connectivity index (χ3n) is 4.01. The number of likely N-dealkylation sites (N-methyl/N-ethyl adjacent to an activating group) is 2. The van der Waals surface area contributed by atoms with Crippen LogP contribution in [0.4, 0.5) is 0 Å². The molecule has 134 valence electrons. The van der Waals surface area contributed by atoms with Gasteiger partial charge < -0.3 is 20.4 Å². The number of piperidine rings is 1. The van der Waals surface area contributed by atoms with E-state index >= 15 is 0 Å². The Morgan fingerprint density at radius 3 is 2.23 bits per heavy atom. The molecule has 1 aliphatic heterocycles. The highest BCUT2D eigenvalue weighted by molar-refractivity contribution is 5.75. The first-order valence-electron chi connectivity index (χ1n) is 8.84. The molecule has 1 aliphatic rings. The molecule has 0 unspecified atom stereocenters. The second-order valence-electron chi connectivity index (χ2n) is 6.37. The fourth-order valence-corrected chi connectivity index (χ4v) is 2.21. The number of carbonyl (C=O) groups excluding carboxylic acids is 1. The molecule has 1 saturated heterocycles. The highest BCUT2D eigenvalue weighted by atomic mass is 16.1. The summed E-state index contributed by atoms with van der Waals surface area (Å²) in [5.74, 6) is 1.11. The maximum absolute atomic E-state index is 11.0. The Morgan fingerprint density at radius 1 is 1.18 bits per heavy atom. The van der Waals surface area contributed by atoms with Crippen molar-refractivity contribution < 1.29 is 6.22 Å². The van der Waals surface area contributed by atoms with Crippen molar-refractivity contribution in [3.63, 3.8) is 0 Å². The van der Waals surface area contributed by atoms with Crippen molar-refractivity contribution >= 4 is 5.91 Å². The van der Waals surface area contributed by atoms with Crippen LogP contribution in [0.25, 0.3) is 0 Å². The summed E-state index contributed by atoms with van der Waals surface area (Å²) >= 11 is 0. The molecule has 5 nitrogen and oxygen atoms in total. The summed E-state index contributed by atoms with van der Waals surface area (Å²) in [4.78, 5) is 15.5. The molecular formula is C17H40N4O. The van der Waals surface area contributed by atoms with Crippen LogP contribution in [0, 0.1) is 5.92 Å². The Morgan fingerprint density at radius 2 is 1.82 bits per heavy atom. The number of nitrogens with one attached hydrogen (secondary N) is 2. The van der Waals surface area contributed by atoms with E-state index in [1.54, 1.807) is 0 Å². The molecule has 0 bridgehead atoms. The van der Waals surface area contributed by atoms with Gasteiger partial charge in [0.1, 0.15) is 0 Å². The second-order valence-corrected chi connectivity index (χ2v) is 6.37. The van der Waals surface area contributed by atoms with Crippen molar-refractivity contribution in [2.75, 3.05) is 59.9 Å². The van der Waals surface area contributed by atoms with Crippen molar-refractivity contribution in [2.24, 2.45) is 5.92 Å². The molecule has 0 aromatic rings. The molecule has 1 rings (SSSR count). The quantitative estimate of drug-likeness (QED) is 0.715. The maximum Gasteiger partial charge on any atom is 0.219 e. The van der Waals surface area contributed by atoms with E-state index in [0.717, 1.165) is 38.6 Å². The van der Waals surface area contributed by atoms with Crippen LogP contribution < -0.4 is 10.6 Å². The van der Waals surface area contributed by atoms with Crippen LogP contribution >= 0.6 is 0 Å². The molecule has 1 heterocycles. The van der Waals surface area contributed by atoms with E-state index in [0.29, 0.717) is 6.42 Å². The third-order valence-corrected chi connectivity index (χ3v) is 4.01. The van der Waals surface area contributed by atoms with E-state index in [1.165, 1.54) is 25.9 Å². The Balaban J connectivity index is 0. The predicted molar refractivity (Wildman–Crippen MR) is 97.4 cm³/mol. The Kier molecular flexibility index (Phi) is 13.6. The Bertz CT molecular complexity index is 271. The first-order chi connectivity index (χ1) is 10.5. The zero-order valence-corrected chi connectivity index (χ0v) is 15.5. The first kappa shape index (κ1) is 21.4. The number of nitrogens with zero attached hydrogens (tertiary/aromatic N) is 2. The highest BCUT2D eigenvalue weighted by Gasteiger charge is 2.05. The van der Waals surface area contributed by atoms with Crippen LogP contribution in [0.5, 0.6) is 0 Å². The molecule has 0 aromatic heterocycles. The average Bonchev–Trinajstić information content (AvgIpc) is 2.51. The number of hydrogen-bond donors (Lipinski definition) is 2. The van der Waals surface area contributed by atoms with E-state index in [9.17, 15) is 4.79 Å². The molecule has 0 aliphatic carbocycles. The average molecular weight is 317 g/mol. The molecule has 0 aromatic carbocycles. The van der Waals surface area contributed by atoms with Crippen molar-refractivity contribution in [1.82, 2.24) is 20.4 Å². The van der Waals surface area contributed by atoms with Crippen LogP contribution in [0.1, 0.15) is 41.5 Å². The van der Waals surface area contributed by atoms with Gasteiger partial charge in [-0.25, -0.2) is 0 Å². The van der Waals surface area contributed by atoms with Crippen LogP contribution in [-0.4, -0.2) is 75.6 Å². The minimum Gasteiger partial charge on any atom is -0.355 e. The summed E-state index contributed by atoms with van der Waals surface area (Å²) in [7, 11) is 4.15. The van der Waals surface area contributed by atoms with E-state index in [1.807, 2.05) is 6.92 Å². The summed E-state index contributed by atoms with van der Waals surface area (Å²) in [5, 5.41) is 6.21. The van der Waals surface area contributed by atoms with E-state index in [4.69, 9.17) is 0 Å². The summed E-state index contributed by atoms with van der Waals surface area (Å²) in [6.07, 6.45) is 3.32. The monoisotopic (exact) mass is 316 g/mol. The molecule has 1 amide bonds. The topological polar surface area (TPSA) is 47.6 Å². The molecular weight excluding hydrogens is 276 g/mol. The van der Waals surface area contributed by atoms with Gasteiger partial charge in [-0.1, -0.05) is 20.8 Å². The molecule has 5 heteroatoms. The van der Waals surface area contributed by atoms with Gasteiger partial charge in [0.15, 0.2) is 0 Å². The van der Waals surface area contributed by atoms with E-state index in [-0.39, 0.29) is 7.33 Å². The van der Waals surface area contributed by atoms with E-state index in [2.05, 4.69) is 48.4 Å². The van der Waals surface area contributed by atoms with Gasteiger partial charge in [-0.3, -0.25) is 4.79 Å². The Labute approximate surface area is 139 Å². The summed E-state index contributed by atoms with van der Waals surface area (Å²) in [5.41, 5.74) is 0. The molecule has 2 N–H and O–H groups in total. The summed E-state index contributed by atoms with van der Waals surface area (Å²) < 4.78 is 0. The number of hydrogen-bond acceptors (Lipinski definition) is 4. The van der Waals surface area contributed by atoms with Gasteiger partial charge >= 0.3 is 0 Å². The van der Waals surface area contributed by atoms with Gasteiger partial charge in [-0.2, -0.15) is 0 Å². The third kappa shape index (κ3) is 13.0. The largest absolute Gasteiger partial charge is 0.355 e. The summed E-state index contributed by atoms with van der Waals surface area (Å²) in [6, 6.07) is 0. The Hall–Kier alpha value is -0.650. The maximum atomic E-state index is 11.0. The fourth-order valence-electron chi connectivity index (χ4n) is 2.21. The number of rotatable bonds is 8. The van der Waals surface area contributed by atoms with Crippen LogP contribution in [0.15, 0.2) is 0 Å². The van der Waals surface area contributed by atoms with E-state index < -0.39 is 0 Å². The number of carbonyl (C=O) groups is 1. The van der Waals surface area contributed by atoms with Gasteiger partial charge in [0.2, 0.25) is 5.91 Å². The van der Waals surface area contributed by atoms with Crippen LogP contribution in [0.3, 0.4) is 0 Å². The predicted octanol–water partition coefficient (Wildman–Crippen LogP) is 1.65. The van der Waals surface area contributed by atoms with Crippen molar-refractivity contribution in [1.29, 1.82) is 0 Å². The molecule has 0 radical (unpaired) electrons. The zero-order chi connectivity index (χ0) is 16.8. The first-order valence-corrected chi connectivity index (χ1v) is 8.84. The lowest BCUT2D eigenvalue weighted by atomic mass is 10.0. The van der Waals surface area contributed by atoms with Crippen molar-refractivity contribution in [3.05, 3.63) is 0 Å². The summed E-state index contributed by atoms with van der Waals surface area (Å²) in [6.45, 7) is 13.7. The molecule has 0 atom stereocenters. The van der Waals surface area contributed by atoms with Gasteiger partial charge in [0.25, 0.3) is 0 Å². The molecule has 22 heavy (non-hydrogen) atoms. The van der Waals surface area contributed by atoms with Crippen molar-refractivity contribution in [2.45, 2.75) is 40.0 Å². The smallest absolute Gasteiger partial charge is 0.219 e. The van der Waals surface area contributed by atoms with Gasteiger partial charge in [0, 0.05) is 34.0 Å². The lowest BCUT2D eigenvalue weighted by Crippen LogP contribution is -2.38. The highest BCUT2D eigenvalue weighted by Crippen LogP contribution is 2.08.